The van der Waals surface area contributed by atoms with Crippen molar-refractivity contribution in [3.05, 3.63) is 80.4 Å². The molecule has 1 heteroatoms. The summed E-state index contributed by atoms with van der Waals surface area (Å²) in [6, 6.07) is 10.7. The Morgan fingerprint density at radius 3 is 2.65 bits per heavy atom. The molecule has 1 heterocycles. The van der Waals surface area contributed by atoms with Gasteiger partial charge in [-0.25, -0.2) is 0 Å². The third-order valence-corrected chi connectivity index (χ3v) is 5.82. The fourth-order valence-corrected chi connectivity index (χ4v) is 4.52. The van der Waals surface area contributed by atoms with E-state index in [0.717, 1.165) is 0 Å². The molecule has 2 unspecified atom stereocenters. The van der Waals surface area contributed by atoms with Crippen LogP contribution < -0.4 is 9.75 Å². The van der Waals surface area contributed by atoms with E-state index in [1.165, 1.54) is 25.8 Å². The highest BCUT2D eigenvalue weighted by molar-refractivity contribution is 7.11. The molecule has 2 atom stereocenters. The van der Waals surface area contributed by atoms with Gasteiger partial charge in [-0.2, -0.15) is 0 Å². The SMILES string of the molecule is CC1C=Cc2sc3c(c2C=C1)=CC=CC(C)(c1ccccc1)C=3. The first-order valence-corrected chi connectivity index (χ1v) is 8.94. The molecule has 0 amide bonds. The lowest BCUT2D eigenvalue weighted by atomic mass is 9.82. The molecule has 0 fully saturated rings. The zero-order valence-corrected chi connectivity index (χ0v) is 14.3. The number of thiophene rings is 1. The second kappa shape index (κ2) is 5.50. The molecular weight excluding hydrogens is 296 g/mol. The molecule has 0 nitrogen and oxygen atoms in total. The van der Waals surface area contributed by atoms with Crippen LogP contribution in [0.5, 0.6) is 0 Å². The van der Waals surface area contributed by atoms with Crippen molar-refractivity contribution in [1.82, 2.24) is 0 Å². The summed E-state index contributed by atoms with van der Waals surface area (Å²) in [6.07, 6.45) is 18.3. The van der Waals surface area contributed by atoms with E-state index in [0.29, 0.717) is 5.92 Å². The van der Waals surface area contributed by atoms with Gasteiger partial charge in [-0.05, 0) is 30.0 Å². The fraction of sp³-hybridized carbons (Fsp3) is 0.182. The molecule has 2 aliphatic carbocycles. The number of rotatable bonds is 1. The average molecular weight is 316 g/mol. The Balaban J connectivity index is 1.94. The lowest BCUT2D eigenvalue weighted by Crippen LogP contribution is -2.24. The summed E-state index contributed by atoms with van der Waals surface area (Å²) >= 11 is 1.90. The average Bonchev–Trinajstić information content (AvgIpc) is 2.68. The predicted molar refractivity (Wildman–Crippen MR) is 103 cm³/mol. The van der Waals surface area contributed by atoms with Crippen LogP contribution in [0.15, 0.2) is 54.6 Å². The van der Waals surface area contributed by atoms with Gasteiger partial charge < -0.3 is 0 Å². The van der Waals surface area contributed by atoms with Gasteiger partial charge in [-0.1, -0.05) is 79.8 Å². The zero-order valence-electron chi connectivity index (χ0n) is 13.5. The summed E-state index contributed by atoms with van der Waals surface area (Å²) in [5.74, 6) is 0.505. The Labute approximate surface area is 141 Å². The Bertz CT molecular complexity index is 938. The van der Waals surface area contributed by atoms with Crippen molar-refractivity contribution in [2.24, 2.45) is 5.92 Å². The Morgan fingerprint density at radius 1 is 1.04 bits per heavy atom. The topological polar surface area (TPSA) is 0 Å². The summed E-state index contributed by atoms with van der Waals surface area (Å²) in [7, 11) is 0. The molecule has 0 N–H and O–H groups in total. The van der Waals surface area contributed by atoms with Gasteiger partial charge >= 0.3 is 0 Å². The highest BCUT2D eigenvalue weighted by atomic mass is 32.1. The lowest BCUT2D eigenvalue weighted by Gasteiger charge is -2.21. The van der Waals surface area contributed by atoms with Crippen molar-refractivity contribution >= 4 is 35.6 Å². The third-order valence-electron chi connectivity index (χ3n) is 4.69. The van der Waals surface area contributed by atoms with Gasteiger partial charge in [-0.3, -0.25) is 0 Å². The molecule has 0 bridgehead atoms. The van der Waals surface area contributed by atoms with Gasteiger partial charge in [0.1, 0.15) is 0 Å². The maximum absolute atomic E-state index is 2.42. The monoisotopic (exact) mass is 316 g/mol. The van der Waals surface area contributed by atoms with Crippen molar-refractivity contribution in [1.29, 1.82) is 0 Å². The van der Waals surface area contributed by atoms with Crippen LogP contribution in [0.3, 0.4) is 0 Å². The first-order valence-electron chi connectivity index (χ1n) is 8.13. The van der Waals surface area contributed by atoms with Crippen molar-refractivity contribution in [3.63, 3.8) is 0 Å². The van der Waals surface area contributed by atoms with E-state index in [-0.39, 0.29) is 5.41 Å². The molecule has 0 radical (unpaired) electrons. The van der Waals surface area contributed by atoms with Crippen LogP contribution in [0.1, 0.15) is 29.9 Å². The van der Waals surface area contributed by atoms with Gasteiger partial charge in [0, 0.05) is 20.0 Å². The van der Waals surface area contributed by atoms with Crippen molar-refractivity contribution in [3.8, 4) is 0 Å². The maximum Gasteiger partial charge on any atom is 0.0352 e. The summed E-state index contributed by atoms with van der Waals surface area (Å²) in [4.78, 5) is 1.37. The van der Waals surface area contributed by atoms with E-state index in [2.05, 4.69) is 92.8 Å². The van der Waals surface area contributed by atoms with Crippen LogP contribution in [0.4, 0.5) is 0 Å². The van der Waals surface area contributed by atoms with Gasteiger partial charge in [0.25, 0.3) is 0 Å². The molecule has 1 aromatic heterocycles. The number of allylic oxidation sites excluding steroid dienone is 4. The molecule has 2 aromatic rings. The molecule has 23 heavy (non-hydrogen) atoms. The lowest BCUT2D eigenvalue weighted by molar-refractivity contribution is 0.806. The van der Waals surface area contributed by atoms with Crippen molar-refractivity contribution in [2.45, 2.75) is 19.3 Å². The predicted octanol–water partition coefficient (Wildman–Crippen LogP) is 4.51. The Hall–Kier alpha value is -2.12. The highest BCUT2D eigenvalue weighted by Crippen LogP contribution is 2.29. The minimum atomic E-state index is -0.0623. The van der Waals surface area contributed by atoms with Crippen LogP contribution >= 0.6 is 11.3 Å². The van der Waals surface area contributed by atoms with Crippen LogP contribution in [0.25, 0.3) is 24.3 Å². The normalized spacial score (nSPS) is 24.9. The summed E-state index contributed by atoms with van der Waals surface area (Å²) in [6.45, 7) is 4.52. The minimum Gasteiger partial charge on any atom is -0.135 e. The number of benzene rings is 1. The van der Waals surface area contributed by atoms with Gasteiger partial charge in [0.15, 0.2) is 0 Å². The number of hydrogen-bond acceptors (Lipinski definition) is 1. The third kappa shape index (κ3) is 2.55. The molecule has 0 aliphatic heterocycles. The molecule has 2 aliphatic rings. The summed E-state index contributed by atoms with van der Waals surface area (Å²) in [5.41, 5.74) is 2.64. The Morgan fingerprint density at radius 2 is 1.83 bits per heavy atom. The highest BCUT2D eigenvalue weighted by Gasteiger charge is 2.22. The summed E-state index contributed by atoms with van der Waals surface area (Å²) < 4.78 is 1.37. The smallest absolute Gasteiger partial charge is 0.0352 e. The molecule has 0 saturated heterocycles. The molecule has 0 saturated carbocycles. The van der Waals surface area contributed by atoms with Crippen LogP contribution in [-0.2, 0) is 5.41 Å². The molecule has 4 rings (SSSR count). The second-order valence-corrected chi connectivity index (χ2v) is 7.64. The zero-order chi connectivity index (χ0) is 15.9. The first kappa shape index (κ1) is 14.5. The van der Waals surface area contributed by atoms with E-state index < -0.39 is 0 Å². The van der Waals surface area contributed by atoms with Crippen molar-refractivity contribution in [2.75, 3.05) is 0 Å². The van der Waals surface area contributed by atoms with Crippen LogP contribution in [0, 0.1) is 5.92 Å². The molecule has 114 valence electrons. The first-order chi connectivity index (χ1) is 11.2. The number of hydrogen-bond donors (Lipinski definition) is 0. The van der Waals surface area contributed by atoms with Crippen LogP contribution in [-0.4, -0.2) is 0 Å². The van der Waals surface area contributed by atoms with Gasteiger partial charge in [-0.15, -0.1) is 11.3 Å². The quantitative estimate of drug-likeness (QED) is 0.726. The van der Waals surface area contributed by atoms with Gasteiger partial charge in [0.05, 0.1) is 0 Å². The second-order valence-electron chi connectivity index (χ2n) is 6.55. The standard InChI is InChI=1S/C22H20S/c1-16-10-12-19-18-9-6-14-22(2,17-7-4-3-5-8-17)15-21(18)23-20(19)13-11-16/h3-16H,1-2H3. The van der Waals surface area contributed by atoms with E-state index in [1.54, 1.807) is 0 Å². The molecule has 0 spiro atoms. The van der Waals surface area contributed by atoms with Crippen LogP contribution in [0.2, 0.25) is 0 Å². The largest absolute Gasteiger partial charge is 0.135 e. The molecular formula is C22H20S. The van der Waals surface area contributed by atoms with E-state index >= 15 is 0 Å². The van der Waals surface area contributed by atoms with Gasteiger partial charge in [0.2, 0.25) is 0 Å². The maximum atomic E-state index is 2.42. The fourth-order valence-electron chi connectivity index (χ4n) is 3.26. The number of fused-ring (bicyclic) bond motifs is 3. The van der Waals surface area contributed by atoms with E-state index in [4.69, 9.17) is 0 Å². The summed E-state index contributed by atoms with van der Waals surface area (Å²) in [5, 5.41) is 1.36. The van der Waals surface area contributed by atoms with E-state index in [9.17, 15) is 0 Å². The molecule has 1 aromatic carbocycles. The van der Waals surface area contributed by atoms with Crippen molar-refractivity contribution < 1.29 is 0 Å². The Kier molecular flexibility index (Phi) is 3.46. The van der Waals surface area contributed by atoms with E-state index in [1.807, 2.05) is 11.3 Å². The minimum absolute atomic E-state index is 0.0623.